The second-order valence-corrected chi connectivity index (χ2v) is 5.38. The van der Waals surface area contributed by atoms with Crippen molar-refractivity contribution in [2.24, 2.45) is 0 Å². The minimum Gasteiger partial charge on any atom is -0.323 e. The molecule has 2 nitrogen and oxygen atoms in total. The first-order valence-electron chi connectivity index (χ1n) is 6.75. The molecule has 1 N–H and O–H groups in total. The van der Waals surface area contributed by atoms with Gasteiger partial charge in [0, 0.05) is 0 Å². The largest absolute Gasteiger partial charge is 0.323 e. The highest BCUT2D eigenvalue weighted by molar-refractivity contribution is 6.01. The van der Waals surface area contributed by atoms with Crippen LogP contribution in [0.5, 0.6) is 0 Å². The molecule has 0 saturated heterocycles. The number of hydrogen-bond donors (Lipinski definition) is 1. The number of hydrogen-bond acceptors (Lipinski definition) is 1. The molecule has 102 valence electrons. The van der Waals surface area contributed by atoms with Gasteiger partial charge in [-0.1, -0.05) is 42.0 Å². The molecule has 0 spiro atoms. The Morgan fingerprint density at radius 3 is 2.35 bits per heavy atom. The molecule has 3 heteroatoms. The van der Waals surface area contributed by atoms with Gasteiger partial charge in [0.25, 0.3) is 0 Å². The average molecular weight is 269 g/mol. The van der Waals surface area contributed by atoms with Crippen LogP contribution in [0.2, 0.25) is 0 Å². The summed E-state index contributed by atoms with van der Waals surface area (Å²) in [7, 11) is 0. The second kappa shape index (κ2) is 4.75. The molecule has 0 atom stereocenters. The Bertz CT molecular complexity index is 644. The van der Waals surface area contributed by atoms with Gasteiger partial charge in [-0.3, -0.25) is 4.79 Å². The zero-order chi connectivity index (χ0) is 14.2. The first-order chi connectivity index (χ1) is 9.62. The lowest BCUT2D eigenvalue weighted by atomic mass is 9.94. The number of para-hydroxylation sites is 1. The SMILES string of the molecule is Cc1ccc(C2(C(=O)Nc3ccccc3F)CC2)cc1. The third-order valence-corrected chi connectivity index (χ3v) is 3.91. The minimum atomic E-state index is -0.476. The first-order valence-corrected chi connectivity index (χ1v) is 6.75. The highest BCUT2D eigenvalue weighted by Gasteiger charge is 2.51. The molecule has 1 aliphatic carbocycles. The predicted molar refractivity (Wildman–Crippen MR) is 77.1 cm³/mol. The van der Waals surface area contributed by atoms with Gasteiger partial charge in [-0.25, -0.2) is 4.39 Å². The summed E-state index contributed by atoms with van der Waals surface area (Å²) in [5.41, 5.74) is 1.95. The van der Waals surface area contributed by atoms with Crippen LogP contribution in [0.3, 0.4) is 0 Å². The van der Waals surface area contributed by atoms with Crippen LogP contribution in [0.4, 0.5) is 10.1 Å². The lowest BCUT2D eigenvalue weighted by Crippen LogP contribution is -2.28. The summed E-state index contributed by atoms with van der Waals surface area (Å²) in [5, 5.41) is 2.71. The quantitative estimate of drug-likeness (QED) is 0.902. The Balaban J connectivity index is 1.84. The molecular weight excluding hydrogens is 253 g/mol. The van der Waals surface area contributed by atoms with Crippen molar-refractivity contribution in [3.63, 3.8) is 0 Å². The van der Waals surface area contributed by atoms with Crippen molar-refractivity contribution in [2.45, 2.75) is 25.2 Å². The molecule has 2 aromatic rings. The second-order valence-electron chi connectivity index (χ2n) is 5.38. The third-order valence-electron chi connectivity index (χ3n) is 3.91. The Kier molecular flexibility index (Phi) is 3.05. The Morgan fingerprint density at radius 2 is 1.75 bits per heavy atom. The van der Waals surface area contributed by atoms with Crippen LogP contribution in [-0.4, -0.2) is 5.91 Å². The van der Waals surface area contributed by atoms with Crippen molar-refractivity contribution in [1.29, 1.82) is 0 Å². The van der Waals surface area contributed by atoms with E-state index < -0.39 is 11.2 Å². The molecule has 1 amide bonds. The standard InChI is InChI=1S/C17H16FNO/c1-12-6-8-13(9-7-12)17(10-11-17)16(20)19-15-5-3-2-4-14(15)18/h2-9H,10-11H2,1H3,(H,19,20). The zero-order valence-electron chi connectivity index (χ0n) is 11.3. The number of nitrogens with one attached hydrogen (secondary N) is 1. The Labute approximate surface area is 117 Å². The number of amides is 1. The van der Waals surface area contributed by atoms with Crippen molar-refractivity contribution in [2.75, 3.05) is 5.32 Å². The van der Waals surface area contributed by atoms with Gasteiger partial charge in [0.05, 0.1) is 11.1 Å². The van der Waals surface area contributed by atoms with Crippen LogP contribution in [0.25, 0.3) is 0 Å². The van der Waals surface area contributed by atoms with E-state index in [-0.39, 0.29) is 11.6 Å². The molecule has 0 aliphatic heterocycles. The van der Waals surface area contributed by atoms with E-state index in [1.165, 1.54) is 11.6 Å². The van der Waals surface area contributed by atoms with E-state index in [1.807, 2.05) is 31.2 Å². The molecule has 0 radical (unpaired) electrons. The minimum absolute atomic E-state index is 0.119. The molecule has 3 rings (SSSR count). The number of halogens is 1. The van der Waals surface area contributed by atoms with Gasteiger partial charge in [-0.2, -0.15) is 0 Å². The Morgan fingerprint density at radius 1 is 1.10 bits per heavy atom. The number of carbonyl (C=O) groups excluding carboxylic acids is 1. The maximum absolute atomic E-state index is 13.6. The summed E-state index contributed by atoms with van der Waals surface area (Å²) in [6, 6.07) is 14.2. The maximum Gasteiger partial charge on any atom is 0.235 e. The number of carbonyl (C=O) groups is 1. The molecule has 1 saturated carbocycles. The zero-order valence-corrected chi connectivity index (χ0v) is 11.3. The summed E-state index contributed by atoms with van der Waals surface area (Å²) in [4.78, 5) is 12.5. The van der Waals surface area contributed by atoms with E-state index in [1.54, 1.807) is 18.2 Å². The number of anilines is 1. The van der Waals surface area contributed by atoms with Gasteiger partial charge in [0.2, 0.25) is 5.91 Å². The number of benzene rings is 2. The fourth-order valence-corrected chi connectivity index (χ4v) is 2.45. The lowest BCUT2D eigenvalue weighted by molar-refractivity contribution is -0.118. The highest BCUT2D eigenvalue weighted by Crippen LogP contribution is 2.49. The van der Waals surface area contributed by atoms with E-state index in [0.29, 0.717) is 0 Å². The van der Waals surface area contributed by atoms with Crippen LogP contribution < -0.4 is 5.32 Å². The van der Waals surface area contributed by atoms with Gasteiger partial charge >= 0.3 is 0 Å². The van der Waals surface area contributed by atoms with Crippen molar-refractivity contribution in [1.82, 2.24) is 0 Å². The molecule has 1 aliphatic rings. The van der Waals surface area contributed by atoms with E-state index in [0.717, 1.165) is 18.4 Å². The summed E-state index contributed by atoms with van der Waals surface area (Å²) in [6.07, 6.45) is 1.63. The van der Waals surface area contributed by atoms with E-state index in [2.05, 4.69) is 5.32 Å². The lowest BCUT2D eigenvalue weighted by Gasteiger charge is -2.16. The fraction of sp³-hybridized carbons (Fsp3) is 0.235. The topological polar surface area (TPSA) is 29.1 Å². The van der Waals surface area contributed by atoms with E-state index in [4.69, 9.17) is 0 Å². The summed E-state index contributed by atoms with van der Waals surface area (Å²) >= 11 is 0. The van der Waals surface area contributed by atoms with Gasteiger partial charge in [-0.15, -0.1) is 0 Å². The van der Waals surface area contributed by atoms with Gasteiger partial charge in [-0.05, 0) is 37.5 Å². The van der Waals surface area contributed by atoms with Gasteiger partial charge in [0.1, 0.15) is 5.82 Å². The average Bonchev–Trinajstić information content (AvgIpc) is 3.24. The number of aryl methyl sites for hydroxylation is 1. The number of rotatable bonds is 3. The van der Waals surface area contributed by atoms with Gasteiger partial charge < -0.3 is 5.32 Å². The van der Waals surface area contributed by atoms with E-state index >= 15 is 0 Å². The molecule has 0 heterocycles. The van der Waals surface area contributed by atoms with E-state index in [9.17, 15) is 9.18 Å². The van der Waals surface area contributed by atoms with Crippen molar-refractivity contribution < 1.29 is 9.18 Å². The van der Waals surface area contributed by atoms with Crippen LogP contribution in [0, 0.1) is 12.7 Å². The molecule has 20 heavy (non-hydrogen) atoms. The summed E-state index contributed by atoms with van der Waals surface area (Å²) in [6.45, 7) is 2.02. The van der Waals surface area contributed by atoms with Crippen LogP contribution >= 0.6 is 0 Å². The van der Waals surface area contributed by atoms with Crippen LogP contribution in [0.1, 0.15) is 24.0 Å². The third kappa shape index (κ3) is 2.20. The van der Waals surface area contributed by atoms with Gasteiger partial charge in [0.15, 0.2) is 0 Å². The monoisotopic (exact) mass is 269 g/mol. The van der Waals surface area contributed by atoms with Crippen molar-refractivity contribution >= 4 is 11.6 Å². The molecule has 0 aromatic heterocycles. The molecule has 1 fully saturated rings. The Hall–Kier alpha value is -2.16. The molecular formula is C17H16FNO. The summed E-state index contributed by atoms with van der Waals surface area (Å²) in [5.74, 6) is -0.521. The molecule has 2 aromatic carbocycles. The van der Waals surface area contributed by atoms with Crippen LogP contribution in [-0.2, 0) is 10.2 Å². The molecule has 0 unspecified atom stereocenters. The van der Waals surface area contributed by atoms with Crippen molar-refractivity contribution in [3.05, 3.63) is 65.5 Å². The smallest absolute Gasteiger partial charge is 0.235 e. The summed E-state index contributed by atoms with van der Waals surface area (Å²) < 4.78 is 13.6. The maximum atomic E-state index is 13.6. The fourth-order valence-electron chi connectivity index (χ4n) is 2.45. The normalized spacial score (nSPS) is 15.7. The van der Waals surface area contributed by atoms with Crippen molar-refractivity contribution in [3.8, 4) is 0 Å². The first kappa shape index (κ1) is 12.9. The highest BCUT2D eigenvalue weighted by atomic mass is 19.1. The predicted octanol–water partition coefficient (Wildman–Crippen LogP) is 3.80. The van der Waals surface area contributed by atoms with Crippen LogP contribution in [0.15, 0.2) is 48.5 Å². The molecule has 0 bridgehead atoms.